The molecule has 16 heavy (non-hydrogen) atoms. The second-order valence-corrected chi connectivity index (χ2v) is 4.03. The third-order valence-corrected chi connectivity index (χ3v) is 2.59. The molecule has 1 amide bonds. The highest BCUT2D eigenvalue weighted by Crippen LogP contribution is 2.27. The van der Waals surface area contributed by atoms with Gasteiger partial charge in [-0.05, 0) is 24.5 Å². The predicted octanol–water partition coefficient (Wildman–Crippen LogP) is 2.67. The number of fused-ring (bicyclic) bond motifs is 1. The van der Waals surface area contributed by atoms with Crippen LogP contribution < -0.4 is 0 Å². The molecule has 0 aromatic heterocycles. The SMILES string of the molecule is CN(C)C(=O)OC1=CCCc2ccccc21. The van der Waals surface area contributed by atoms with E-state index in [2.05, 4.69) is 6.07 Å². The molecule has 0 heterocycles. The van der Waals surface area contributed by atoms with E-state index < -0.39 is 0 Å². The van der Waals surface area contributed by atoms with Crippen LogP contribution in [-0.2, 0) is 11.2 Å². The fraction of sp³-hybridized carbons (Fsp3) is 0.308. The number of hydrogen-bond acceptors (Lipinski definition) is 2. The van der Waals surface area contributed by atoms with Crippen LogP contribution in [0.5, 0.6) is 0 Å². The first-order valence-electron chi connectivity index (χ1n) is 5.36. The number of aryl methyl sites for hydroxylation is 1. The monoisotopic (exact) mass is 217 g/mol. The number of carbonyl (C=O) groups is 1. The van der Waals surface area contributed by atoms with Crippen molar-refractivity contribution in [1.29, 1.82) is 0 Å². The zero-order chi connectivity index (χ0) is 11.5. The Bertz CT molecular complexity index is 435. The van der Waals surface area contributed by atoms with Gasteiger partial charge in [0.1, 0.15) is 5.76 Å². The van der Waals surface area contributed by atoms with E-state index in [9.17, 15) is 4.79 Å². The Labute approximate surface area is 95.3 Å². The van der Waals surface area contributed by atoms with Crippen LogP contribution >= 0.6 is 0 Å². The molecule has 0 fully saturated rings. The molecule has 1 aliphatic rings. The zero-order valence-electron chi connectivity index (χ0n) is 9.56. The van der Waals surface area contributed by atoms with E-state index >= 15 is 0 Å². The van der Waals surface area contributed by atoms with Crippen LogP contribution in [0.15, 0.2) is 30.3 Å². The minimum absolute atomic E-state index is 0.331. The van der Waals surface area contributed by atoms with E-state index in [1.807, 2.05) is 24.3 Å². The maximum Gasteiger partial charge on any atom is 0.414 e. The van der Waals surface area contributed by atoms with Gasteiger partial charge in [0.05, 0.1) is 0 Å². The molecule has 1 aromatic carbocycles. The summed E-state index contributed by atoms with van der Waals surface area (Å²) in [6.07, 6.45) is 3.58. The van der Waals surface area contributed by atoms with E-state index in [1.165, 1.54) is 10.5 Å². The maximum atomic E-state index is 11.5. The summed E-state index contributed by atoms with van der Waals surface area (Å²) >= 11 is 0. The third-order valence-electron chi connectivity index (χ3n) is 2.59. The molecule has 0 spiro atoms. The first-order chi connectivity index (χ1) is 7.68. The molecule has 0 N–H and O–H groups in total. The molecule has 1 aliphatic carbocycles. The Morgan fingerprint density at radius 1 is 1.31 bits per heavy atom. The van der Waals surface area contributed by atoms with Crippen molar-refractivity contribution in [2.45, 2.75) is 12.8 Å². The number of nitrogens with zero attached hydrogens (tertiary/aromatic N) is 1. The molecule has 3 nitrogen and oxygen atoms in total. The van der Waals surface area contributed by atoms with Crippen LogP contribution in [0.3, 0.4) is 0 Å². The van der Waals surface area contributed by atoms with Gasteiger partial charge in [0, 0.05) is 19.7 Å². The molecule has 0 saturated carbocycles. The molecular formula is C13H15NO2. The fourth-order valence-corrected chi connectivity index (χ4v) is 1.73. The minimum Gasteiger partial charge on any atom is -0.410 e. The number of benzene rings is 1. The molecule has 2 rings (SSSR count). The largest absolute Gasteiger partial charge is 0.414 e. The lowest BCUT2D eigenvalue weighted by atomic mass is 9.96. The van der Waals surface area contributed by atoms with Gasteiger partial charge in [-0.1, -0.05) is 24.3 Å². The van der Waals surface area contributed by atoms with Crippen molar-refractivity contribution in [1.82, 2.24) is 4.90 Å². The van der Waals surface area contributed by atoms with Gasteiger partial charge in [-0.15, -0.1) is 0 Å². The summed E-state index contributed by atoms with van der Waals surface area (Å²) in [7, 11) is 3.36. The molecule has 0 atom stereocenters. The van der Waals surface area contributed by atoms with Crippen LogP contribution in [0.25, 0.3) is 5.76 Å². The molecule has 0 unspecified atom stereocenters. The van der Waals surface area contributed by atoms with Crippen LogP contribution in [0.1, 0.15) is 17.5 Å². The van der Waals surface area contributed by atoms with Gasteiger partial charge in [-0.25, -0.2) is 4.79 Å². The average molecular weight is 217 g/mol. The third kappa shape index (κ3) is 2.08. The van der Waals surface area contributed by atoms with Crippen LogP contribution in [0.2, 0.25) is 0 Å². The number of rotatable bonds is 1. The van der Waals surface area contributed by atoms with Gasteiger partial charge < -0.3 is 9.64 Å². The fourth-order valence-electron chi connectivity index (χ4n) is 1.73. The Hall–Kier alpha value is -1.77. The summed E-state index contributed by atoms with van der Waals surface area (Å²) in [6, 6.07) is 8.03. The summed E-state index contributed by atoms with van der Waals surface area (Å²) in [5.41, 5.74) is 2.27. The molecule has 0 saturated heterocycles. The molecule has 84 valence electrons. The van der Waals surface area contributed by atoms with Crippen molar-refractivity contribution in [3.63, 3.8) is 0 Å². The normalized spacial score (nSPS) is 13.8. The summed E-state index contributed by atoms with van der Waals surface area (Å²) in [5.74, 6) is 0.681. The lowest BCUT2D eigenvalue weighted by Crippen LogP contribution is -2.22. The van der Waals surface area contributed by atoms with Crippen molar-refractivity contribution in [2.75, 3.05) is 14.1 Å². The molecule has 0 aliphatic heterocycles. The van der Waals surface area contributed by atoms with Gasteiger partial charge >= 0.3 is 6.09 Å². The first kappa shape index (κ1) is 10.7. The van der Waals surface area contributed by atoms with Crippen molar-refractivity contribution in [3.05, 3.63) is 41.5 Å². The van der Waals surface area contributed by atoms with Gasteiger partial charge in [0.15, 0.2) is 0 Å². The number of allylic oxidation sites excluding steroid dienone is 1. The van der Waals surface area contributed by atoms with E-state index in [0.717, 1.165) is 18.4 Å². The molecule has 3 heteroatoms. The average Bonchev–Trinajstić information content (AvgIpc) is 2.29. The van der Waals surface area contributed by atoms with Crippen molar-refractivity contribution >= 4 is 11.9 Å². The van der Waals surface area contributed by atoms with E-state index in [4.69, 9.17) is 4.74 Å². The van der Waals surface area contributed by atoms with Gasteiger partial charge in [0.2, 0.25) is 0 Å². The summed E-state index contributed by atoms with van der Waals surface area (Å²) < 4.78 is 5.33. The Kier molecular flexibility index (Phi) is 2.95. The molecule has 1 aromatic rings. The highest BCUT2D eigenvalue weighted by molar-refractivity contribution is 5.78. The summed E-state index contributed by atoms with van der Waals surface area (Å²) in [6.45, 7) is 0. The Morgan fingerprint density at radius 3 is 2.81 bits per heavy atom. The lowest BCUT2D eigenvalue weighted by Gasteiger charge is -2.19. The smallest absolute Gasteiger partial charge is 0.410 e. The minimum atomic E-state index is -0.331. The quantitative estimate of drug-likeness (QED) is 0.723. The maximum absolute atomic E-state index is 11.5. The van der Waals surface area contributed by atoms with Gasteiger partial charge in [-0.2, -0.15) is 0 Å². The van der Waals surface area contributed by atoms with E-state index in [1.54, 1.807) is 14.1 Å². The van der Waals surface area contributed by atoms with E-state index in [0.29, 0.717) is 5.76 Å². The van der Waals surface area contributed by atoms with Crippen LogP contribution in [0.4, 0.5) is 4.79 Å². The second kappa shape index (κ2) is 4.39. The number of carbonyl (C=O) groups excluding carboxylic acids is 1. The zero-order valence-corrected chi connectivity index (χ0v) is 9.56. The predicted molar refractivity (Wildman–Crippen MR) is 62.9 cm³/mol. The van der Waals surface area contributed by atoms with Crippen molar-refractivity contribution in [3.8, 4) is 0 Å². The van der Waals surface area contributed by atoms with Crippen LogP contribution in [0, 0.1) is 0 Å². The topological polar surface area (TPSA) is 29.5 Å². The molecule has 0 radical (unpaired) electrons. The number of ether oxygens (including phenoxy) is 1. The van der Waals surface area contributed by atoms with Gasteiger partial charge in [-0.3, -0.25) is 0 Å². The molecular weight excluding hydrogens is 202 g/mol. The highest BCUT2D eigenvalue weighted by atomic mass is 16.6. The van der Waals surface area contributed by atoms with Crippen molar-refractivity contribution in [2.24, 2.45) is 0 Å². The molecule has 0 bridgehead atoms. The first-order valence-corrected chi connectivity index (χ1v) is 5.36. The van der Waals surface area contributed by atoms with Crippen LogP contribution in [-0.4, -0.2) is 25.1 Å². The summed E-state index contributed by atoms with van der Waals surface area (Å²) in [5, 5.41) is 0. The van der Waals surface area contributed by atoms with E-state index in [-0.39, 0.29) is 6.09 Å². The second-order valence-electron chi connectivity index (χ2n) is 4.03. The standard InChI is InChI=1S/C13H15NO2/c1-14(2)13(15)16-12-9-5-7-10-6-3-4-8-11(10)12/h3-4,6,8-9H,5,7H2,1-2H3. The highest BCUT2D eigenvalue weighted by Gasteiger charge is 2.16. The Morgan fingerprint density at radius 2 is 2.06 bits per heavy atom. The number of amides is 1. The number of hydrogen-bond donors (Lipinski definition) is 0. The summed E-state index contributed by atoms with van der Waals surface area (Å²) in [4.78, 5) is 12.9. The van der Waals surface area contributed by atoms with Gasteiger partial charge in [0.25, 0.3) is 0 Å². The Balaban J connectivity index is 2.23. The van der Waals surface area contributed by atoms with Crippen molar-refractivity contribution < 1.29 is 9.53 Å². The lowest BCUT2D eigenvalue weighted by molar-refractivity contribution is 0.162.